The van der Waals surface area contributed by atoms with E-state index in [4.69, 9.17) is 4.42 Å². The first-order valence-electron chi connectivity index (χ1n) is 9.54. The maximum Gasteiger partial charge on any atom is 0.419 e. The SMILES string of the molecule is CC(C)(C)c1ccc(C(=O)NNC(=O)CCCn2c(=O)oc3ccccc32)cc1. The molecule has 0 radical (unpaired) electrons. The largest absolute Gasteiger partial charge is 0.419 e. The summed E-state index contributed by atoms with van der Waals surface area (Å²) in [5, 5.41) is 0. The molecular weight excluding hydrogens is 370 g/mol. The van der Waals surface area contributed by atoms with Crippen molar-refractivity contribution in [2.24, 2.45) is 0 Å². The molecule has 1 aromatic heterocycles. The first-order valence-corrected chi connectivity index (χ1v) is 9.54. The Morgan fingerprint density at radius 1 is 1.00 bits per heavy atom. The Kier molecular flexibility index (Phi) is 5.87. The lowest BCUT2D eigenvalue weighted by atomic mass is 9.87. The fourth-order valence-corrected chi connectivity index (χ4v) is 3.01. The van der Waals surface area contributed by atoms with E-state index in [2.05, 4.69) is 31.6 Å². The maximum atomic E-state index is 12.2. The van der Waals surface area contributed by atoms with Crippen molar-refractivity contribution in [2.75, 3.05) is 0 Å². The van der Waals surface area contributed by atoms with Crippen molar-refractivity contribution in [2.45, 2.75) is 45.6 Å². The van der Waals surface area contributed by atoms with Gasteiger partial charge in [0.2, 0.25) is 5.91 Å². The molecule has 2 aromatic carbocycles. The van der Waals surface area contributed by atoms with Crippen LogP contribution in [0.3, 0.4) is 0 Å². The topological polar surface area (TPSA) is 93.3 Å². The minimum atomic E-state index is -0.446. The number of oxazole rings is 1. The summed E-state index contributed by atoms with van der Waals surface area (Å²) in [7, 11) is 0. The molecule has 2 N–H and O–H groups in total. The summed E-state index contributed by atoms with van der Waals surface area (Å²) in [4.78, 5) is 36.1. The monoisotopic (exact) mass is 395 g/mol. The minimum absolute atomic E-state index is 0.00546. The zero-order valence-electron chi connectivity index (χ0n) is 16.8. The van der Waals surface area contributed by atoms with Crippen molar-refractivity contribution in [1.29, 1.82) is 0 Å². The highest BCUT2D eigenvalue weighted by Crippen LogP contribution is 2.22. The van der Waals surface area contributed by atoms with Crippen LogP contribution >= 0.6 is 0 Å². The second kappa shape index (κ2) is 8.34. The van der Waals surface area contributed by atoms with E-state index in [-0.39, 0.29) is 23.7 Å². The van der Waals surface area contributed by atoms with Crippen LogP contribution in [-0.2, 0) is 16.8 Å². The molecule has 2 amide bonds. The number of fused-ring (bicyclic) bond motifs is 1. The van der Waals surface area contributed by atoms with Crippen LogP contribution in [0.15, 0.2) is 57.7 Å². The lowest BCUT2D eigenvalue weighted by Crippen LogP contribution is -2.41. The number of rotatable bonds is 5. The van der Waals surface area contributed by atoms with Crippen LogP contribution in [0.1, 0.15) is 49.5 Å². The highest BCUT2D eigenvalue weighted by atomic mass is 16.4. The van der Waals surface area contributed by atoms with Crippen LogP contribution in [0.5, 0.6) is 0 Å². The van der Waals surface area contributed by atoms with Gasteiger partial charge in [0, 0.05) is 18.5 Å². The molecule has 0 saturated carbocycles. The lowest BCUT2D eigenvalue weighted by Gasteiger charge is -2.19. The third-order valence-corrected chi connectivity index (χ3v) is 4.69. The number of hydrogen-bond donors (Lipinski definition) is 2. The molecule has 152 valence electrons. The molecule has 29 heavy (non-hydrogen) atoms. The molecule has 0 fully saturated rings. The predicted octanol–water partition coefficient (Wildman–Crippen LogP) is 3.13. The molecule has 3 rings (SSSR count). The Bertz CT molecular complexity index is 1070. The highest BCUT2D eigenvalue weighted by Gasteiger charge is 2.15. The number of carbonyl (C=O) groups is 2. The van der Waals surface area contributed by atoms with Crippen LogP contribution in [-0.4, -0.2) is 16.4 Å². The first kappa shape index (κ1) is 20.4. The molecular formula is C22H25N3O4. The van der Waals surface area contributed by atoms with E-state index in [1.807, 2.05) is 18.2 Å². The molecule has 7 nitrogen and oxygen atoms in total. The number of amides is 2. The Morgan fingerprint density at radius 2 is 1.69 bits per heavy atom. The molecule has 3 aromatic rings. The molecule has 0 spiro atoms. The fourth-order valence-electron chi connectivity index (χ4n) is 3.01. The normalized spacial score (nSPS) is 11.4. The fraction of sp³-hybridized carbons (Fsp3) is 0.318. The van der Waals surface area contributed by atoms with Crippen molar-refractivity contribution < 1.29 is 14.0 Å². The molecule has 0 atom stereocenters. The zero-order valence-corrected chi connectivity index (χ0v) is 16.8. The third-order valence-electron chi connectivity index (χ3n) is 4.69. The van der Waals surface area contributed by atoms with Gasteiger partial charge in [0.25, 0.3) is 5.91 Å². The van der Waals surface area contributed by atoms with Gasteiger partial charge >= 0.3 is 5.76 Å². The second-order valence-corrected chi connectivity index (χ2v) is 7.92. The summed E-state index contributed by atoms with van der Waals surface area (Å²) in [6.45, 7) is 6.65. The maximum absolute atomic E-state index is 12.2. The summed E-state index contributed by atoms with van der Waals surface area (Å²) in [5.74, 6) is -1.15. The van der Waals surface area contributed by atoms with Crippen LogP contribution in [0.4, 0.5) is 0 Å². The molecule has 0 bridgehead atoms. The van der Waals surface area contributed by atoms with E-state index < -0.39 is 5.76 Å². The van der Waals surface area contributed by atoms with Gasteiger partial charge in [-0.25, -0.2) is 4.79 Å². The number of hydrazine groups is 1. The number of aromatic nitrogens is 1. The third kappa shape index (κ3) is 4.93. The molecule has 0 aliphatic heterocycles. The van der Waals surface area contributed by atoms with Gasteiger partial charge in [-0.05, 0) is 41.7 Å². The summed E-state index contributed by atoms with van der Waals surface area (Å²) >= 11 is 0. The molecule has 0 aliphatic carbocycles. The average molecular weight is 395 g/mol. The van der Waals surface area contributed by atoms with Crippen molar-refractivity contribution in [1.82, 2.24) is 15.4 Å². The highest BCUT2D eigenvalue weighted by molar-refractivity contribution is 5.95. The Labute approximate surface area is 168 Å². The van der Waals surface area contributed by atoms with Crippen LogP contribution < -0.4 is 16.6 Å². The first-order chi connectivity index (χ1) is 13.8. The Balaban J connectivity index is 1.48. The number of para-hydroxylation sites is 2. The second-order valence-electron chi connectivity index (χ2n) is 7.92. The smallest absolute Gasteiger partial charge is 0.408 e. The summed E-state index contributed by atoms with van der Waals surface area (Å²) in [6.07, 6.45) is 0.598. The van der Waals surface area contributed by atoms with Crippen molar-refractivity contribution in [3.63, 3.8) is 0 Å². The summed E-state index contributed by atoms with van der Waals surface area (Å²) in [5.41, 5.74) is 7.64. The van der Waals surface area contributed by atoms with E-state index >= 15 is 0 Å². The van der Waals surface area contributed by atoms with E-state index in [0.717, 1.165) is 5.56 Å². The van der Waals surface area contributed by atoms with E-state index in [1.54, 1.807) is 30.3 Å². The van der Waals surface area contributed by atoms with E-state index in [9.17, 15) is 14.4 Å². The van der Waals surface area contributed by atoms with Gasteiger partial charge in [-0.1, -0.05) is 45.0 Å². The molecule has 1 heterocycles. The van der Waals surface area contributed by atoms with Gasteiger partial charge in [-0.2, -0.15) is 0 Å². The lowest BCUT2D eigenvalue weighted by molar-refractivity contribution is -0.122. The zero-order chi connectivity index (χ0) is 21.0. The summed E-state index contributed by atoms with van der Waals surface area (Å²) in [6, 6.07) is 14.4. The number of carbonyl (C=O) groups excluding carboxylic acids is 2. The van der Waals surface area contributed by atoms with Crippen LogP contribution in [0.2, 0.25) is 0 Å². The number of aryl methyl sites for hydroxylation is 1. The molecule has 0 aliphatic rings. The minimum Gasteiger partial charge on any atom is -0.408 e. The van der Waals surface area contributed by atoms with Gasteiger partial charge in [0.05, 0.1) is 5.52 Å². The standard InChI is InChI=1S/C22H25N3O4/c1-22(2,3)16-12-10-15(11-13-16)20(27)24-23-19(26)9-6-14-25-17-7-4-5-8-18(17)29-21(25)28/h4-5,7-8,10-13H,6,9,14H2,1-3H3,(H,23,26)(H,24,27). The van der Waals surface area contributed by atoms with Gasteiger partial charge in [-0.15, -0.1) is 0 Å². The van der Waals surface area contributed by atoms with E-state index in [1.165, 1.54) is 4.57 Å². The predicted molar refractivity (Wildman–Crippen MR) is 110 cm³/mol. The average Bonchev–Trinajstić information content (AvgIpc) is 3.01. The molecule has 0 unspecified atom stereocenters. The van der Waals surface area contributed by atoms with Crippen molar-refractivity contribution >= 4 is 22.9 Å². The van der Waals surface area contributed by atoms with Gasteiger partial charge in [0.1, 0.15) is 0 Å². The van der Waals surface area contributed by atoms with Gasteiger partial charge in [-0.3, -0.25) is 25.0 Å². The number of hydrogen-bond acceptors (Lipinski definition) is 4. The van der Waals surface area contributed by atoms with Gasteiger partial charge < -0.3 is 4.42 Å². The quantitative estimate of drug-likeness (QED) is 0.649. The molecule has 7 heteroatoms. The van der Waals surface area contributed by atoms with Crippen LogP contribution in [0, 0.1) is 0 Å². The van der Waals surface area contributed by atoms with Crippen LogP contribution in [0.25, 0.3) is 11.1 Å². The number of nitrogens with zero attached hydrogens (tertiary/aromatic N) is 1. The van der Waals surface area contributed by atoms with Crippen molar-refractivity contribution in [3.8, 4) is 0 Å². The van der Waals surface area contributed by atoms with E-state index in [0.29, 0.717) is 29.6 Å². The number of benzene rings is 2. The number of nitrogens with one attached hydrogen (secondary N) is 2. The van der Waals surface area contributed by atoms with Crippen molar-refractivity contribution in [3.05, 3.63) is 70.2 Å². The molecule has 0 saturated heterocycles. The summed E-state index contributed by atoms with van der Waals surface area (Å²) < 4.78 is 6.66. The Hall–Kier alpha value is -3.35. The van der Waals surface area contributed by atoms with Gasteiger partial charge in [0.15, 0.2) is 5.58 Å². The Morgan fingerprint density at radius 3 is 2.38 bits per heavy atom.